The lowest BCUT2D eigenvalue weighted by Crippen LogP contribution is -2.43. The summed E-state index contributed by atoms with van der Waals surface area (Å²) in [6, 6.07) is 12.8. The zero-order valence-corrected chi connectivity index (χ0v) is 25.9. The molecule has 2 aliphatic rings. The Labute approximate surface area is 259 Å². The minimum atomic E-state index is -2.70. The van der Waals surface area contributed by atoms with Crippen LogP contribution in [0, 0.1) is 6.92 Å². The van der Waals surface area contributed by atoms with Gasteiger partial charge in [0.05, 0.1) is 12.3 Å². The van der Waals surface area contributed by atoms with Gasteiger partial charge in [-0.15, -0.1) is 0 Å². The van der Waals surface area contributed by atoms with Gasteiger partial charge in [-0.2, -0.15) is 0 Å². The van der Waals surface area contributed by atoms with Gasteiger partial charge in [-0.25, -0.2) is 23.5 Å². The molecule has 4 heterocycles. The van der Waals surface area contributed by atoms with Gasteiger partial charge < -0.3 is 18.8 Å². The molecule has 45 heavy (non-hydrogen) atoms. The Bertz CT molecular complexity index is 1770. The van der Waals surface area contributed by atoms with E-state index in [1.807, 2.05) is 48.7 Å². The first kappa shape index (κ1) is 31.1. The summed E-state index contributed by atoms with van der Waals surface area (Å²) in [5.74, 6) is -1.97. The molecule has 2 fully saturated rings. The lowest BCUT2D eigenvalue weighted by Gasteiger charge is -2.34. The number of alkyl halides is 2. The van der Waals surface area contributed by atoms with E-state index in [2.05, 4.69) is 4.98 Å². The number of aromatic nitrogens is 5. The quantitative estimate of drug-likeness (QED) is 0.204. The highest BCUT2D eigenvalue weighted by Gasteiger charge is 2.47. The van der Waals surface area contributed by atoms with Gasteiger partial charge in [0.25, 0.3) is 11.5 Å². The molecule has 1 saturated carbocycles. The third-order valence-electron chi connectivity index (χ3n) is 8.37. The Kier molecular flexibility index (Phi) is 8.87. The zero-order valence-electron chi connectivity index (χ0n) is 25.9. The van der Waals surface area contributed by atoms with Crippen LogP contribution in [-0.4, -0.2) is 55.2 Å². The Morgan fingerprint density at radius 3 is 2.49 bits per heavy atom. The SMILES string of the molecule is Cc1nc(OC2CC(F)(F)C2)ccc1-c1nc2c(c(=O)n(CCCOC3CCCCO3)c(=O)n2C(C)C)n1Cc1ccccc1. The van der Waals surface area contributed by atoms with E-state index in [1.165, 1.54) is 4.57 Å². The monoisotopic (exact) mass is 623 g/mol. The molecule has 0 N–H and O–H groups in total. The average molecular weight is 624 g/mol. The molecule has 0 radical (unpaired) electrons. The van der Waals surface area contributed by atoms with Gasteiger partial charge >= 0.3 is 5.69 Å². The van der Waals surface area contributed by atoms with E-state index in [0.717, 1.165) is 24.8 Å². The van der Waals surface area contributed by atoms with Crippen LogP contribution in [0.1, 0.15) is 69.7 Å². The van der Waals surface area contributed by atoms with Crippen LogP contribution in [0.25, 0.3) is 22.6 Å². The van der Waals surface area contributed by atoms with Gasteiger partial charge in [0.15, 0.2) is 17.5 Å². The van der Waals surface area contributed by atoms with Gasteiger partial charge in [0.2, 0.25) is 5.88 Å². The Balaban J connectivity index is 1.40. The molecule has 6 rings (SSSR count). The molecular formula is C33H39F2N5O5. The van der Waals surface area contributed by atoms with Gasteiger partial charge in [-0.1, -0.05) is 30.3 Å². The molecule has 1 aliphatic carbocycles. The van der Waals surface area contributed by atoms with E-state index in [-0.39, 0.29) is 37.6 Å². The highest BCUT2D eigenvalue weighted by atomic mass is 19.3. The maximum absolute atomic E-state index is 14.2. The number of imidazole rings is 1. The van der Waals surface area contributed by atoms with Crippen molar-refractivity contribution < 1.29 is 23.0 Å². The fourth-order valence-electron chi connectivity index (χ4n) is 6.02. The van der Waals surface area contributed by atoms with E-state index in [0.29, 0.717) is 54.4 Å². The van der Waals surface area contributed by atoms with Crippen molar-refractivity contribution in [3.63, 3.8) is 0 Å². The van der Waals surface area contributed by atoms with E-state index < -0.39 is 23.3 Å². The smallest absolute Gasteiger partial charge is 0.332 e. The van der Waals surface area contributed by atoms with E-state index in [1.54, 1.807) is 23.6 Å². The highest BCUT2D eigenvalue weighted by molar-refractivity contribution is 5.78. The van der Waals surface area contributed by atoms with Crippen molar-refractivity contribution in [1.82, 2.24) is 23.7 Å². The summed E-state index contributed by atoms with van der Waals surface area (Å²) >= 11 is 0. The summed E-state index contributed by atoms with van der Waals surface area (Å²) < 4.78 is 48.6. The number of hydrogen-bond acceptors (Lipinski definition) is 7. The second-order valence-corrected chi connectivity index (χ2v) is 12.2. The molecule has 0 bridgehead atoms. The van der Waals surface area contributed by atoms with E-state index >= 15 is 0 Å². The summed E-state index contributed by atoms with van der Waals surface area (Å²) in [5.41, 5.74) is 1.91. The lowest BCUT2D eigenvalue weighted by atomic mass is 9.91. The number of hydrogen-bond donors (Lipinski definition) is 0. The number of nitrogens with zero attached hydrogens (tertiary/aromatic N) is 5. The molecule has 1 atom stereocenters. The van der Waals surface area contributed by atoms with E-state index in [4.69, 9.17) is 19.2 Å². The number of ether oxygens (including phenoxy) is 3. The molecule has 10 nitrogen and oxygen atoms in total. The number of aryl methyl sites for hydroxylation is 1. The van der Waals surface area contributed by atoms with Crippen LogP contribution in [0.15, 0.2) is 52.1 Å². The van der Waals surface area contributed by atoms with Crippen molar-refractivity contribution in [2.24, 2.45) is 0 Å². The van der Waals surface area contributed by atoms with Crippen LogP contribution in [0.3, 0.4) is 0 Å². The molecule has 4 aromatic rings. The number of rotatable bonds is 11. The molecular weight excluding hydrogens is 584 g/mol. The van der Waals surface area contributed by atoms with Crippen LogP contribution in [0.4, 0.5) is 8.78 Å². The summed E-state index contributed by atoms with van der Waals surface area (Å²) in [4.78, 5) is 37.4. The second-order valence-electron chi connectivity index (χ2n) is 12.2. The summed E-state index contributed by atoms with van der Waals surface area (Å²) in [6.07, 6.45) is 1.89. The summed E-state index contributed by atoms with van der Waals surface area (Å²) in [5, 5.41) is 0. The third kappa shape index (κ3) is 6.57. The maximum atomic E-state index is 14.2. The van der Waals surface area contributed by atoms with Crippen molar-refractivity contribution in [1.29, 1.82) is 0 Å². The number of pyridine rings is 1. The third-order valence-corrected chi connectivity index (χ3v) is 8.37. The van der Waals surface area contributed by atoms with E-state index in [9.17, 15) is 18.4 Å². The predicted octanol–water partition coefficient (Wildman–Crippen LogP) is 5.47. The fraction of sp³-hybridized carbons (Fsp3) is 0.515. The van der Waals surface area contributed by atoms with Crippen LogP contribution >= 0.6 is 0 Å². The van der Waals surface area contributed by atoms with Crippen molar-refractivity contribution >= 4 is 11.2 Å². The molecule has 1 saturated heterocycles. The van der Waals surface area contributed by atoms with Crippen molar-refractivity contribution in [2.45, 2.75) is 96.7 Å². The highest BCUT2D eigenvalue weighted by Crippen LogP contribution is 2.39. The van der Waals surface area contributed by atoms with Crippen molar-refractivity contribution in [3.8, 4) is 17.3 Å². The molecule has 3 aromatic heterocycles. The second kappa shape index (κ2) is 12.8. The molecule has 1 aromatic carbocycles. The number of fused-ring (bicyclic) bond motifs is 1. The molecule has 240 valence electrons. The first-order valence-corrected chi connectivity index (χ1v) is 15.7. The van der Waals surface area contributed by atoms with Gasteiger partial charge in [-0.05, 0) is 58.1 Å². The minimum Gasteiger partial charge on any atom is -0.474 e. The van der Waals surface area contributed by atoms with Crippen molar-refractivity contribution in [2.75, 3.05) is 13.2 Å². The van der Waals surface area contributed by atoms with Crippen LogP contribution in [0.5, 0.6) is 5.88 Å². The van der Waals surface area contributed by atoms with Gasteiger partial charge in [0.1, 0.15) is 11.9 Å². The largest absolute Gasteiger partial charge is 0.474 e. The molecule has 12 heteroatoms. The zero-order chi connectivity index (χ0) is 31.7. The number of halogens is 2. The fourth-order valence-corrected chi connectivity index (χ4v) is 6.02. The molecule has 0 spiro atoms. The normalized spacial score (nSPS) is 18.4. The van der Waals surface area contributed by atoms with Crippen LogP contribution in [0.2, 0.25) is 0 Å². The number of benzene rings is 1. The van der Waals surface area contributed by atoms with Crippen LogP contribution in [-0.2, 0) is 22.6 Å². The molecule has 0 amide bonds. The van der Waals surface area contributed by atoms with Gasteiger partial charge in [-0.3, -0.25) is 13.9 Å². The Hall–Kier alpha value is -3.90. The average Bonchev–Trinajstić information content (AvgIpc) is 3.35. The Morgan fingerprint density at radius 1 is 1.04 bits per heavy atom. The van der Waals surface area contributed by atoms with Crippen molar-refractivity contribution in [3.05, 3.63) is 74.6 Å². The topological polar surface area (TPSA) is 102 Å². The van der Waals surface area contributed by atoms with Gasteiger partial charge in [0, 0.05) is 50.2 Å². The first-order valence-electron chi connectivity index (χ1n) is 15.7. The molecule has 1 unspecified atom stereocenters. The minimum absolute atomic E-state index is 0.186. The maximum Gasteiger partial charge on any atom is 0.332 e. The predicted molar refractivity (Wildman–Crippen MR) is 165 cm³/mol. The van der Waals surface area contributed by atoms with Crippen LogP contribution < -0.4 is 16.0 Å². The Morgan fingerprint density at radius 2 is 1.82 bits per heavy atom. The standard InChI is InChI=1S/C33H39F2N5O5/c1-21(2)40-30-28(31(41)38(32(40)42)15-9-17-44-27-12-7-8-16-43-27)39(20-23-10-5-4-6-11-23)29(37-30)25-13-14-26(36-22(25)3)45-24-18-33(34,35)19-24/h4-6,10-11,13-14,21,24,27H,7-9,12,15-20H2,1-3H3. The summed E-state index contributed by atoms with van der Waals surface area (Å²) in [7, 11) is 0. The lowest BCUT2D eigenvalue weighted by molar-refractivity contribution is -0.163. The first-order chi connectivity index (χ1) is 21.6. The summed E-state index contributed by atoms with van der Waals surface area (Å²) in [6.45, 7) is 7.12. The molecule has 1 aliphatic heterocycles.